The van der Waals surface area contributed by atoms with Crippen LogP contribution >= 0.6 is 0 Å². The molecule has 1 aliphatic rings. The fraction of sp³-hybridized carbons (Fsp3) is 0.286. The normalized spacial score (nSPS) is 15.6. The minimum atomic E-state index is -3.90. The number of hydrogen-bond acceptors (Lipinski definition) is 5. The molecule has 9 heteroatoms. The van der Waals surface area contributed by atoms with E-state index < -0.39 is 21.8 Å². The highest BCUT2D eigenvalue weighted by molar-refractivity contribution is 7.89. The zero-order valence-corrected chi connectivity index (χ0v) is 17.2. The lowest BCUT2D eigenvalue weighted by molar-refractivity contribution is 0.0665. The summed E-state index contributed by atoms with van der Waals surface area (Å²) in [4.78, 5) is 13.0. The van der Waals surface area contributed by atoms with Crippen molar-refractivity contribution in [2.75, 3.05) is 31.1 Å². The maximum atomic E-state index is 14.0. The number of sulfonamides is 1. The van der Waals surface area contributed by atoms with Gasteiger partial charge in [-0.2, -0.15) is 4.31 Å². The summed E-state index contributed by atoms with van der Waals surface area (Å²) in [5, 5.41) is 9.94. The number of carboxylic acid groups (broad SMARTS) is 1. The van der Waals surface area contributed by atoms with Crippen molar-refractivity contribution >= 4 is 32.6 Å². The van der Waals surface area contributed by atoms with Crippen molar-refractivity contribution in [3.05, 3.63) is 59.6 Å². The summed E-state index contributed by atoms with van der Waals surface area (Å²) in [7, 11) is -3.90. The number of hydrogen-bond donors (Lipinski definition) is 1. The average molecular weight is 432 g/mol. The van der Waals surface area contributed by atoms with Crippen LogP contribution in [0.3, 0.4) is 0 Å². The maximum Gasteiger partial charge on any atom is 0.371 e. The van der Waals surface area contributed by atoms with Crippen LogP contribution in [0.25, 0.3) is 11.0 Å². The standard InChI is InChI=1S/C21H21FN2O5S/c1-2-14-15-13-19(21(25)26)29-18(15)8-7-17(14)23-9-11-24(12-10-23)30(27,28)20-6-4-3-5-16(20)22/h3-8,13H,2,9-12H2,1H3,(H,25,26). The van der Waals surface area contributed by atoms with E-state index in [0.717, 1.165) is 22.7 Å². The highest BCUT2D eigenvalue weighted by atomic mass is 32.2. The third-order valence-corrected chi connectivity index (χ3v) is 7.32. The number of aryl methyl sites for hydroxylation is 1. The van der Waals surface area contributed by atoms with E-state index in [1.54, 1.807) is 6.07 Å². The Bertz CT molecular complexity index is 1210. The van der Waals surface area contributed by atoms with Crippen LogP contribution < -0.4 is 4.90 Å². The number of rotatable bonds is 5. The molecule has 1 aliphatic heterocycles. The van der Waals surface area contributed by atoms with Crippen molar-refractivity contribution < 1.29 is 27.1 Å². The number of piperazine rings is 1. The SMILES string of the molecule is CCc1c(N2CCN(S(=O)(=O)c3ccccc3F)CC2)ccc2oc(C(=O)O)cc12. The maximum absolute atomic E-state index is 14.0. The van der Waals surface area contributed by atoms with Crippen molar-refractivity contribution in [1.82, 2.24) is 4.31 Å². The zero-order chi connectivity index (χ0) is 21.5. The molecular weight excluding hydrogens is 411 g/mol. The van der Waals surface area contributed by atoms with Crippen LogP contribution in [0.5, 0.6) is 0 Å². The molecule has 0 radical (unpaired) electrons. The van der Waals surface area contributed by atoms with E-state index in [9.17, 15) is 22.7 Å². The van der Waals surface area contributed by atoms with E-state index in [1.165, 1.54) is 28.6 Å². The van der Waals surface area contributed by atoms with E-state index in [1.807, 2.05) is 13.0 Å². The highest BCUT2D eigenvalue weighted by Gasteiger charge is 2.31. The van der Waals surface area contributed by atoms with Crippen molar-refractivity contribution in [2.24, 2.45) is 0 Å². The zero-order valence-electron chi connectivity index (χ0n) is 16.3. The van der Waals surface area contributed by atoms with Gasteiger partial charge < -0.3 is 14.4 Å². The summed E-state index contributed by atoms with van der Waals surface area (Å²) in [5.74, 6) is -1.99. The number of furan rings is 1. The molecule has 0 aliphatic carbocycles. The number of carbonyl (C=O) groups is 1. The number of carboxylic acids is 1. The number of anilines is 1. The Balaban J connectivity index is 1.59. The minimum absolute atomic E-state index is 0.113. The van der Waals surface area contributed by atoms with E-state index >= 15 is 0 Å². The van der Waals surface area contributed by atoms with Crippen LogP contribution in [-0.2, 0) is 16.4 Å². The first kappa shape index (κ1) is 20.4. The quantitative estimate of drug-likeness (QED) is 0.665. The van der Waals surface area contributed by atoms with E-state index in [4.69, 9.17) is 4.42 Å². The number of fused-ring (bicyclic) bond motifs is 1. The van der Waals surface area contributed by atoms with Gasteiger partial charge in [-0.15, -0.1) is 0 Å². The molecule has 3 aromatic rings. The van der Waals surface area contributed by atoms with Crippen LogP contribution in [0.1, 0.15) is 23.0 Å². The molecule has 1 fully saturated rings. The Kier molecular flexibility index (Phi) is 5.25. The number of nitrogens with zero attached hydrogens (tertiary/aromatic N) is 2. The van der Waals surface area contributed by atoms with Crippen LogP contribution in [0.15, 0.2) is 51.8 Å². The molecule has 0 atom stereocenters. The molecule has 158 valence electrons. The van der Waals surface area contributed by atoms with Gasteiger partial charge >= 0.3 is 5.97 Å². The third-order valence-electron chi connectivity index (χ3n) is 5.39. The molecule has 4 rings (SSSR count). The van der Waals surface area contributed by atoms with Crippen LogP contribution in [0.4, 0.5) is 10.1 Å². The summed E-state index contributed by atoms with van der Waals surface area (Å²) in [6, 6.07) is 10.5. The molecule has 0 bridgehead atoms. The second-order valence-electron chi connectivity index (χ2n) is 7.07. The molecule has 0 saturated carbocycles. The molecule has 1 aromatic heterocycles. The number of benzene rings is 2. The Morgan fingerprint density at radius 2 is 1.83 bits per heavy atom. The summed E-state index contributed by atoms with van der Waals surface area (Å²) in [6.07, 6.45) is 0.666. The fourth-order valence-corrected chi connectivity index (χ4v) is 5.38. The van der Waals surface area contributed by atoms with Gasteiger partial charge in [0.1, 0.15) is 16.3 Å². The van der Waals surface area contributed by atoms with E-state index in [2.05, 4.69) is 4.90 Å². The molecule has 30 heavy (non-hydrogen) atoms. The minimum Gasteiger partial charge on any atom is -0.475 e. The predicted octanol–water partition coefficient (Wildman–Crippen LogP) is 3.34. The smallest absolute Gasteiger partial charge is 0.371 e. The summed E-state index contributed by atoms with van der Waals surface area (Å²) >= 11 is 0. The Morgan fingerprint density at radius 1 is 1.13 bits per heavy atom. The molecule has 1 N–H and O–H groups in total. The lowest BCUT2D eigenvalue weighted by Gasteiger charge is -2.36. The summed E-state index contributed by atoms with van der Waals surface area (Å²) in [6.45, 7) is 3.31. The molecular formula is C21H21FN2O5S. The molecule has 0 unspecified atom stereocenters. The lowest BCUT2D eigenvalue weighted by atomic mass is 10.0. The Hall–Kier alpha value is -2.91. The van der Waals surface area contributed by atoms with Crippen molar-refractivity contribution in [3.63, 3.8) is 0 Å². The molecule has 2 heterocycles. The molecule has 1 saturated heterocycles. The lowest BCUT2D eigenvalue weighted by Crippen LogP contribution is -2.49. The molecule has 0 spiro atoms. The third kappa shape index (κ3) is 3.44. The van der Waals surface area contributed by atoms with Gasteiger partial charge in [-0.3, -0.25) is 0 Å². The molecule has 7 nitrogen and oxygen atoms in total. The second kappa shape index (κ2) is 7.73. The van der Waals surface area contributed by atoms with Crippen LogP contribution in [0.2, 0.25) is 0 Å². The first-order valence-electron chi connectivity index (χ1n) is 9.61. The van der Waals surface area contributed by atoms with Crippen LogP contribution in [-0.4, -0.2) is 50.0 Å². The number of halogens is 1. The van der Waals surface area contributed by atoms with Gasteiger partial charge in [0.2, 0.25) is 15.8 Å². The number of aromatic carboxylic acids is 1. The van der Waals surface area contributed by atoms with Gasteiger partial charge in [-0.25, -0.2) is 17.6 Å². The monoisotopic (exact) mass is 432 g/mol. The van der Waals surface area contributed by atoms with Crippen LogP contribution in [0, 0.1) is 5.82 Å². The predicted molar refractivity (Wildman–Crippen MR) is 110 cm³/mol. The Labute approximate surface area is 173 Å². The average Bonchev–Trinajstić information content (AvgIpc) is 3.18. The topological polar surface area (TPSA) is 91.1 Å². The van der Waals surface area contributed by atoms with Crippen molar-refractivity contribution in [1.29, 1.82) is 0 Å². The van der Waals surface area contributed by atoms with Gasteiger partial charge in [0, 0.05) is 37.3 Å². The van der Waals surface area contributed by atoms with Crippen molar-refractivity contribution in [3.8, 4) is 0 Å². The summed E-state index contributed by atoms with van der Waals surface area (Å²) < 4.78 is 46.3. The van der Waals surface area contributed by atoms with Gasteiger partial charge in [0.25, 0.3) is 0 Å². The van der Waals surface area contributed by atoms with Gasteiger partial charge in [-0.05, 0) is 42.3 Å². The fourth-order valence-electron chi connectivity index (χ4n) is 3.89. The van der Waals surface area contributed by atoms with E-state index in [0.29, 0.717) is 25.1 Å². The second-order valence-corrected chi connectivity index (χ2v) is 8.97. The van der Waals surface area contributed by atoms with Gasteiger partial charge in [0.15, 0.2) is 0 Å². The molecule has 0 amide bonds. The first-order chi connectivity index (χ1) is 14.3. The van der Waals surface area contributed by atoms with Gasteiger partial charge in [-0.1, -0.05) is 19.1 Å². The molecule has 2 aromatic carbocycles. The highest BCUT2D eigenvalue weighted by Crippen LogP contribution is 2.33. The van der Waals surface area contributed by atoms with Crippen molar-refractivity contribution in [2.45, 2.75) is 18.2 Å². The summed E-state index contributed by atoms with van der Waals surface area (Å²) in [5.41, 5.74) is 2.38. The van der Waals surface area contributed by atoms with Gasteiger partial charge in [0.05, 0.1) is 0 Å². The Morgan fingerprint density at radius 3 is 2.47 bits per heavy atom. The first-order valence-corrected chi connectivity index (χ1v) is 11.0. The van der Waals surface area contributed by atoms with E-state index in [-0.39, 0.29) is 23.7 Å². The largest absolute Gasteiger partial charge is 0.475 e.